The number of furan rings is 1. The molecule has 3 aromatic heterocycles. The first kappa shape index (κ1) is 16.9. The molecule has 4 rings (SSSR count). The maximum absolute atomic E-state index is 15.0. The van der Waals surface area contributed by atoms with Crippen molar-refractivity contribution < 1.29 is 17.6 Å². The molecule has 4 N–H and O–H groups in total. The Hall–Kier alpha value is -3.55. The Labute approximate surface area is 151 Å². The number of fused-ring (bicyclic) bond motifs is 1. The molecule has 0 saturated heterocycles. The topological polar surface area (TPSA) is 91.0 Å². The van der Waals surface area contributed by atoms with Gasteiger partial charge >= 0.3 is 0 Å². The van der Waals surface area contributed by atoms with Gasteiger partial charge in [-0.25, -0.2) is 13.8 Å². The Morgan fingerprint density at radius 1 is 0.963 bits per heavy atom. The zero-order chi connectivity index (χ0) is 19.3. The Bertz CT molecular complexity index is 1200. The fourth-order valence-electron chi connectivity index (χ4n) is 2.99. The van der Waals surface area contributed by atoms with Gasteiger partial charge in [0.1, 0.15) is 11.4 Å². The molecule has 0 amide bonds. The third kappa shape index (κ3) is 2.66. The minimum absolute atomic E-state index is 0.00180. The highest BCUT2D eigenvalue weighted by Crippen LogP contribution is 2.43. The molecule has 0 radical (unpaired) electrons. The second-order valence-corrected chi connectivity index (χ2v) is 6.03. The van der Waals surface area contributed by atoms with Crippen molar-refractivity contribution in [3.05, 3.63) is 59.8 Å². The standard InChI is InChI=1S/C19H13F3N4O/c1-8-6-10(4-5-25-8)16-17-14(15(23)19(24)27-17)13(18(22)26-16)9-2-3-11(20)12(21)7-9/h2-7H,23-24H2,1H3. The van der Waals surface area contributed by atoms with Crippen molar-refractivity contribution in [2.45, 2.75) is 6.92 Å². The van der Waals surface area contributed by atoms with Crippen molar-refractivity contribution >= 4 is 22.5 Å². The number of anilines is 2. The van der Waals surface area contributed by atoms with Crippen LogP contribution in [0.5, 0.6) is 0 Å². The predicted octanol–water partition coefficient (Wildman–Crippen LogP) is 4.45. The first-order valence-corrected chi connectivity index (χ1v) is 7.92. The summed E-state index contributed by atoms with van der Waals surface area (Å²) >= 11 is 0. The van der Waals surface area contributed by atoms with Crippen molar-refractivity contribution in [1.29, 1.82) is 0 Å². The number of halogens is 3. The molecule has 5 nitrogen and oxygen atoms in total. The molecular formula is C19H13F3N4O. The molecular weight excluding hydrogens is 357 g/mol. The summed E-state index contributed by atoms with van der Waals surface area (Å²) in [6.45, 7) is 1.78. The van der Waals surface area contributed by atoms with Gasteiger partial charge in [0.05, 0.1) is 10.9 Å². The van der Waals surface area contributed by atoms with Gasteiger partial charge in [-0.3, -0.25) is 4.98 Å². The number of hydrogen-bond acceptors (Lipinski definition) is 5. The van der Waals surface area contributed by atoms with Gasteiger partial charge in [-0.15, -0.1) is 0 Å². The van der Waals surface area contributed by atoms with Crippen LogP contribution in [0.25, 0.3) is 33.4 Å². The summed E-state index contributed by atoms with van der Waals surface area (Å²) in [7, 11) is 0. The van der Waals surface area contributed by atoms with E-state index in [0.29, 0.717) is 11.3 Å². The number of rotatable bonds is 2. The van der Waals surface area contributed by atoms with E-state index in [4.69, 9.17) is 15.9 Å². The molecule has 4 aromatic rings. The van der Waals surface area contributed by atoms with Gasteiger partial charge in [0.25, 0.3) is 0 Å². The molecule has 0 saturated carbocycles. The monoisotopic (exact) mass is 370 g/mol. The first-order chi connectivity index (χ1) is 12.9. The summed E-state index contributed by atoms with van der Waals surface area (Å²) in [5.74, 6) is -3.20. The summed E-state index contributed by atoms with van der Waals surface area (Å²) in [6.07, 6.45) is 1.55. The number of aromatic nitrogens is 2. The highest BCUT2D eigenvalue weighted by molar-refractivity contribution is 6.09. The number of aryl methyl sites for hydroxylation is 1. The summed E-state index contributed by atoms with van der Waals surface area (Å²) in [5.41, 5.74) is 13.3. The first-order valence-electron chi connectivity index (χ1n) is 7.92. The van der Waals surface area contributed by atoms with Gasteiger partial charge in [0, 0.05) is 17.5 Å². The number of nitrogens with zero attached hydrogens (tertiary/aromatic N) is 2. The van der Waals surface area contributed by atoms with Gasteiger partial charge in [-0.2, -0.15) is 4.39 Å². The minimum Gasteiger partial charge on any atom is -0.436 e. The molecule has 1 aromatic carbocycles. The predicted molar refractivity (Wildman–Crippen MR) is 96.1 cm³/mol. The lowest BCUT2D eigenvalue weighted by Crippen LogP contribution is -1.98. The highest BCUT2D eigenvalue weighted by atomic mass is 19.2. The third-order valence-corrected chi connectivity index (χ3v) is 4.23. The summed E-state index contributed by atoms with van der Waals surface area (Å²) in [4.78, 5) is 8.08. The van der Waals surface area contributed by atoms with Crippen LogP contribution in [-0.4, -0.2) is 9.97 Å². The van der Waals surface area contributed by atoms with E-state index in [9.17, 15) is 13.2 Å². The lowest BCUT2D eigenvalue weighted by molar-refractivity contribution is 0.509. The van der Waals surface area contributed by atoms with E-state index in [1.807, 2.05) is 0 Å². The molecule has 8 heteroatoms. The average Bonchev–Trinajstić information content (AvgIpc) is 2.92. The minimum atomic E-state index is -1.12. The average molecular weight is 370 g/mol. The molecule has 27 heavy (non-hydrogen) atoms. The van der Waals surface area contributed by atoms with E-state index in [1.54, 1.807) is 25.3 Å². The Morgan fingerprint density at radius 2 is 1.74 bits per heavy atom. The van der Waals surface area contributed by atoms with E-state index in [-0.39, 0.29) is 39.4 Å². The molecule has 0 spiro atoms. The zero-order valence-corrected chi connectivity index (χ0v) is 14.1. The van der Waals surface area contributed by atoms with E-state index in [0.717, 1.165) is 12.1 Å². The van der Waals surface area contributed by atoms with Crippen LogP contribution in [0.2, 0.25) is 0 Å². The fraction of sp³-hybridized carbons (Fsp3) is 0.0526. The normalized spacial score (nSPS) is 11.3. The Balaban J connectivity index is 2.09. The number of nitrogen functional groups attached to an aromatic ring is 2. The lowest BCUT2D eigenvalue weighted by Gasteiger charge is -2.09. The number of benzene rings is 1. The van der Waals surface area contributed by atoms with Crippen molar-refractivity contribution in [3.8, 4) is 22.4 Å². The summed E-state index contributed by atoms with van der Waals surface area (Å²) in [5, 5.41) is 0.149. The molecule has 0 fully saturated rings. The van der Waals surface area contributed by atoms with Gasteiger partial charge < -0.3 is 15.9 Å². The molecule has 0 atom stereocenters. The quantitative estimate of drug-likeness (QED) is 0.509. The van der Waals surface area contributed by atoms with Crippen molar-refractivity contribution in [2.75, 3.05) is 11.5 Å². The largest absolute Gasteiger partial charge is 0.436 e. The highest BCUT2D eigenvalue weighted by Gasteiger charge is 2.24. The van der Waals surface area contributed by atoms with Gasteiger partial charge in [0.15, 0.2) is 17.2 Å². The van der Waals surface area contributed by atoms with Crippen molar-refractivity contribution in [3.63, 3.8) is 0 Å². The smallest absolute Gasteiger partial charge is 0.222 e. The van der Waals surface area contributed by atoms with Crippen molar-refractivity contribution in [1.82, 2.24) is 9.97 Å². The van der Waals surface area contributed by atoms with Gasteiger partial charge in [-0.05, 0) is 36.8 Å². The van der Waals surface area contributed by atoms with Crippen molar-refractivity contribution in [2.24, 2.45) is 0 Å². The fourth-order valence-corrected chi connectivity index (χ4v) is 2.99. The maximum Gasteiger partial charge on any atom is 0.222 e. The maximum atomic E-state index is 15.0. The summed E-state index contributed by atoms with van der Waals surface area (Å²) < 4.78 is 47.5. The number of nitrogens with two attached hydrogens (primary N) is 2. The molecule has 3 heterocycles. The van der Waals surface area contributed by atoms with Crippen LogP contribution in [0.15, 0.2) is 40.9 Å². The van der Waals surface area contributed by atoms with E-state index < -0.39 is 17.6 Å². The molecule has 0 aliphatic carbocycles. The van der Waals surface area contributed by atoms with E-state index >= 15 is 0 Å². The second-order valence-electron chi connectivity index (χ2n) is 6.03. The Morgan fingerprint density at radius 3 is 2.44 bits per heavy atom. The van der Waals surface area contributed by atoms with Crippen LogP contribution in [0.3, 0.4) is 0 Å². The lowest BCUT2D eigenvalue weighted by atomic mass is 10.00. The van der Waals surface area contributed by atoms with Gasteiger partial charge in [0.2, 0.25) is 11.8 Å². The second kappa shape index (κ2) is 6.01. The summed E-state index contributed by atoms with van der Waals surface area (Å²) in [6, 6.07) is 6.34. The van der Waals surface area contributed by atoms with Crippen LogP contribution in [-0.2, 0) is 0 Å². The van der Waals surface area contributed by atoms with E-state index in [1.165, 1.54) is 6.07 Å². The Kier molecular flexibility index (Phi) is 3.76. The molecule has 0 aliphatic rings. The number of pyridine rings is 2. The molecule has 0 unspecified atom stereocenters. The van der Waals surface area contributed by atoms with Crippen LogP contribution >= 0.6 is 0 Å². The molecule has 0 bridgehead atoms. The van der Waals surface area contributed by atoms with E-state index in [2.05, 4.69) is 9.97 Å². The van der Waals surface area contributed by atoms with Crippen LogP contribution in [0, 0.1) is 24.5 Å². The third-order valence-electron chi connectivity index (χ3n) is 4.23. The molecule has 136 valence electrons. The van der Waals surface area contributed by atoms with Crippen LogP contribution < -0.4 is 11.5 Å². The van der Waals surface area contributed by atoms with Crippen LogP contribution in [0.4, 0.5) is 24.7 Å². The molecule has 0 aliphatic heterocycles. The number of hydrogen-bond donors (Lipinski definition) is 2. The van der Waals surface area contributed by atoms with Gasteiger partial charge in [-0.1, -0.05) is 6.07 Å². The zero-order valence-electron chi connectivity index (χ0n) is 14.1. The van der Waals surface area contributed by atoms with Crippen LogP contribution in [0.1, 0.15) is 5.69 Å². The SMILES string of the molecule is Cc1cc(-c2nc(F)c(-c3ccc(F)c(F)c3)c3c(N)c(N)oc23)ccn1.